The Morgan fingerprint density at radius 1 is 1.05 bits per heavy atom. The second-order valence-corrected chi connectivity index (χ2v) is 6.38. The molecule has 0 bridgehead atoms. The summed E-state index contributed by atoms with van der Waals surface area (Å²) in [6, 6.07) is 8.81. The van der Waals surface area contributed by atoms with Crippen molar-refractivity contribution in [3.8, 4) is 11.5 Å². The molecule has 116 valence electrons. The summed E-state index contributed by atoms with van der Waals surface area (Å²) in [6.07, 6.45) is 9.07. The van der Waals surface area contributed by atoms with Gasteiger partial charge < -0.3 is 14.4 Å². The Morgan fingerprint density at radius 3 is 2.52 bits per heavy atom. The topological polar surface area (TPSA) is 21.7 Å². The molecule has 1 aromatic carbocycles. The summed E-state index contributed by atoms with van der Waals surface area (Å²) >= 11 is 0. The van der Waals surface area contributed by atoms with Gasteiger partial charge in [0.1, 0.15) is 0 Å². The van der Waals surface area contributed by atoms with Crippen LogP contribution in [-0.4, -0.2) is 37.2 Å². The van der Waals surface area contributed by atoms with Crippen LogP contribution in [0.5, 0.6) is 11.5 Å². The van der Waals surface area contributed by atoms with Crippen LogP contribution >= 0.6 is 0 Å². The zero-order valence-corrected chi connectivity index (χ0v) is 13.1. The Hall–Kier alpha value is -1.22. The van der Waals surface area contributed by atoms with E-state index in [4.69, 9.17) is 9.47 Å². The van der Waals surface area contributed by atoms with E-state index in [0.717, 1.165) is 24.5 Å². The Morgan fingerprint density at radius 2 is 1.81 bits per heavy atom. The third-order valence-corrected chi connectivity index (χ3v) is 4.83. The minimum Gasteiger partial charge on any atom is -0.490 e. The fourth-order valence-electron chi connectivity index (χ4n) is 3.50. The maximum Gasteiger partial charge on any atom is 0.161 e. The highest BCUT2D eigenvalue weighted by molar-refractivity contribution is 5.39. The molecule has 21 heavy (non-hydrogen) atoms. The summed E-state index contributed by atoms with van der Waals surface area (Å²) in [5.74, 6) is 1.83. The summed E-state index contributed by atoms with van der Waals surface area (Å²) in [5, 5.41) is 0. The van der Waals surface area contributed by atoms with E-state index in [-0.39, 0.29) is 0 Å². The summed E-state index contributed by atoms with van der Waals surface area (Å²) in [4.78, 5) is 2.45. The highest BCUT2D eigenvalue weighted by atomic mass is 16.5. The number of ether oxygens (including phenoxy) is 2. The van der Waals surface area contributed by atoms with Crippen LogP contribution < -0.4 is 9.47 Å². The lowest BCUT2D eigenvalue weighted by molar-refractivity contribution is 0.187. The largest absolute Gasteiger partial charge is 0.490 e. The first-order valence-corrected chi connectivity index (χ1v) is 8.41. The van der Waals surface area contributed by atoms with Crippen molar-refractivity contribution in [2.45, 2.75) is 57.1 Å². The van der Waals surface area contributed by atoms with Crippen molar-refractivity contribution < 1.29 is 9.47 Å². The van der Waals surface area contributed by atoms with Crippen molar-refractivity contribution in [3.05, 3.63) is 24.3 Å². The molecule has 1 aliphatic heterocycles. The number of benzene rings is 1. The molecule has 3 rings (SSSR count). The molecule has 0 spiro atoms. The number of hydrogen-bond donors (Lipinski definition) is 0. The van der Waals surface area contributed by atoms with Gasteiger partial charge >= 0.3 is 0 Å². The van der Waals surface area contributed by atoms with Crippen LogP contribution in [0.1, 0.15) is 44.9 Å². The van der Waals surface area contributed by atoms with Crippen LogP contribution in [0.15, 0.2) is 24.3 Å². The monoisotopic (exact) mass is 289 g/mol. The minimum atomic E-state index is 0.385. The maximum absolute atomic E-state index is 6.11. The van der Waals surface area contributed by atoms with Gasteiger partial charge in [-0.2, -0.15) is 0 Å². The molecule has 0 aromatic heterocycles. The Bertz CT molecular complexity index is 443. The lowest BCUT2D eigenvalue weighted by Crippen LogP contribution is -2.26. The molecule has 2 fully saturated rings. The van der Waals surface area contributed by atoms with Crippen LogP contribution in [0, 0.1) is 0 Å². The molecule has 1 aliphatic carbocycles. The average Bonchev–Trinajstić information content (AvgIpc) is 3.13. The van der Waals surface area contributed by atoms with Gasteiger partial charge in [0.15, 0.2) is 11.5 Å². The van der Waals surface area contributed by atoms with Crippen LogP contribution in [0.2, 0.25) is 0 Å². The van der Waals surface area contributed by atoms with Crippen molar-refractivity contribution in [2.75, 3.05) is 20.2 Å². The normalized spacial score (nSPS) is 23.6. The Kier molecular flexibility index (Phi) is 5.02. The first-order valence-electron chi connectivity index (χ1n) is 8.41. The van der Waals surface area contributed by atoms with Crippen molar-refractivity contribution in [2.24, 2.45) is 0 Å². The molecule has 3 nitrogen and oxygen atoms in total. The molecular formula is C18H27NO2. The fraction of sp³-hybridized carbons (Fsp3) is 0.667. The zero-order chi connectivity index (χ0) is 14.5. The first-order chi connectivity index (χ1) is 10.3. The quantitative estimate of drug-likeness (QED) is 0.793. The second kappa shape index (κ2) is 7.17. The molecular weight excluding hydrogens is 262 g/mol. The van der Waals surface area contributed by atoms with Gasteiger partial charge in [-0.15, -0.1) is 0 Å². The lowest BCUT2D eigenvalue weighted by atomic mass is 10.1. The summed E-state index contributed by atoms with van der Waals surface area (Å²) < 4.78 is 12.1. The van der Waals surface area contributed by atoms with E-state index in [0.29, 0.717) is 12.1 Å². The molecule has 1 heterocycles. The molecule has 1 atom stereocenters. The summed E-state index contributed by atoms with van der Waals surface area (Å²) in [7, 11) is 2.22. The van der Waals surface area contributed by atoms with E-state index in [9.17, 15) is 0 Å². The highest BCUT2D eigenvalue weighted by Gasteiger charge is 2.21. The minimum absolute atomic E-state index is 0.385. The predicted octanol–water partition coefficient (Wildman–Crippen LogP) is 3.87. The molecule has 0 N–H and O–H groups in total. The molecule has 1 unspecified atom stereocenters. The van der Waals surface area contributed by atoms with Gasteiger partial charge in [-0.3, -0.25) is 0 Å². The second-order valence-electron chi connectivity index (χ2n) is 6.38. The van der Waals surface area contributed by atoms with Crippen LogP contribution in [0.3, 0.4) is 0 Å². The van der Waals surface area contributed by atoms with E-state index < -0.39 is 0 Å². The lowest BCUT2D eigenvalue weighted by Gasteiger charge is -2.20. The molecule has 0 radical (unpaired) electrons. The van der Waals surface area contributed by atoms with Gasteiger partial charge in [0.25, 0.3) is 0 Å². The smallest absolute Gasteiger partial charge is 0.161 e. The van der Waals surface area contributed by atoms with Crippen LogP contribution in [-0.2, 0) is 0 Å². The van der Waals surface area contributed by atoms with E-state index in [2.05, 4.69) is 11.9 Å². The Balaban J connectivity index is 1.52. The highest BCUT2D eigenvalue weighted by Crippen LogP contribution is 2.31. The van der Waals surface area contributed by atoms with Crippen molar-refractivity contribution >= 4 is 0 Å². The predicted molar refractivity (Wildman–Crippen MR) is 85.1 cm³/mol. The van der Waals surface area contributed by atoms with Gasteiger partial charge in [-0.05, 0) is 70.7 Å². The van der Waals surface area contributed by atoms with Gasteiger partial charge in [-0.25, -0.2) is 0 Å². The van der Waals surface area contributed by atoms with Crippen molar-refractivity contribution in [1.82, 2.24) is 4.90 Å². The first kappa shape index (κ1) is 14.7. The third-order valence-electron chi connectivity index (χ3n) is 4.83. The summed E-state index contributed by atoms with van der Waals surface area (Å²) in [6.45, 7) is 2.01. The fourth-order valence-corrected chi connectivity index (χ4v) is 3.50. The number of para-hydroxylation sites is 2. The maximum atomic E-state index is 6.11. The molecule has 1 saturated carbocycles. The molecule has 3 heteroatoms. The van der Waals surface area contributed by atoms with E-state index in [1.807, 2.05) is 24.3 Å². The molecule has 0 amide bonds. The van der Waals surface area contributed by atoms with Crippen LogP contribution in [0.25, 0.3) is 0 Å². The average molecular weight is 289 g/mol. The van der Waals surface area contributed by atoms with Gasteiger partial charge in [0, 0.05) is 6.04 Å². The summed E-state index contributed by atoms with van der Waals surface area (Å²) in [5.41, 5.74) is 0. The number of nitrogens with zero attached hydrogens (tertiary/aromatic N) is 1. The standard InChI is InChI=1S/C18H27NO2/c1-19-13-6-7-15(19)12-14-20-17-10-4-5-11-18(17)21-16-8-2-3-9-16/h4-5,10-11,15-16H,2-3,6-9,12-14H2,1H3. The van der Waals surface area contributed by atoms with Gasteiger partial charge in [0.05, 0.1) is 12.7 Å². The zero-order valence-electron chi connectivity index (χ0n) is 13.1. The van der Waals surface area contributed by atoms with E-state index in [1.165, 1.54) is 45.1 Å². The van der Waals surface area contributed by atoms with Crippen molar-refractivity contribution in [1.29, 1.82) is 0 Å². The van der Waals surface area contributed by atoms with E-state index >= 15 is 0 Å². The SMILES string of the molecule is CN1CCCC1CCOc1ccccc1OC1CCCC1. The number of likely N-dealkylation sites (tertiary alicyclic amines) is 1. The third kappa shape index (κ3) is 3.91. The van der Waals surface area contributed by atoms with Gasteiger partial charge in [0.2, 0.25) is 0 Å². The molecule has 1 saturated heterocycles. The van der Waals surface area contributed by atoms with Crippen molar-refractivity contribution in [3.63, 3.8) is 0 Å². The number of hydrogen-bond acceptors (Lipinski definition) is 3. The Labute approximate surface area is 128 Å². The van der Waals surface area contributed by atoms with Crippen LogP contribution in [0.4, 0.5) is 0 Å². The number of rotatable bonds is 6. The molecule has 1 aromatic rings. The van der Waals surface area contributed by atoms with E-state index in [1.54, 1.807) is 0 Å². The van der Waals surface area contributed by atoms with Gasteiger partial charge in [-0.1, -0.05) is 12.1 Å². The molecule has 2 aliphatic rings.